The lowest BCUT2D eigenvalue weighted by molar-refractivity contribution is 1.07. The Bertz CT molecular complexity index is 3580. The quantitative estimate of drug-likeness (QED) is 0.161. The minimum atomic E-state index is 0.607. The van der Waals surface area contributed by atoms with Gasteiger partial charge in [-0.15, -0.1) is 11.3 Å². The van der Waals surface area contributed by atoms with Gasteiger partial charge in [-0.25, -0.2) is 15.0 Å². The molecule has 0 amide bonds. The summed E-state index contributed by atoms with van der Waals surface area (Å²) in [5.41, 5.74) is 13.0. The molecule has 0 unspecified atom stereocenters. The van der Waals surface area contributed by atoms with Gasteiger partial charge < -0.3 is 4.57 Å². The lowest BCUT2D eigenvalue weighted by Crippen LogP contribution is -2.02. The van der Waals surface area contributed by atoms with Crippen LogP contribution in [0.4, 0.5) is 0 Å². The van der Waals surface area contributed by atoms with Gasteiger partial charge in [-0.1, -0.05) is 188 Å². The summed E-state index contributed by atoms with van der Waals surface area (Å²) in [6.07, 6.45) is 0. The maximum Gasteiger partial charge on any atom is 0.164 e. The van der Waals surface area contributed by atoms with E-state index in [-0.39, 0.29) is 0 Å². The van der Waals surface area contributed by atoms with Crippen molar-refractivity contribution in [3.8, 4) is 73.2 Å². The van der Waals surface area contributed by atoms with Crippen molar-refractivity contribution < 1.29 is 0 Å². The molecule has 3 heterocycles. The Kier molecular flexibility index (Phi) is 8.65. The first-order chi connectivity index (χ1) is 30.7. The second-order valence-electron chi connectivity index (χ2n) is 15.5. The van der Waals surface area contributed by atoms with Crippen LogP contribution in [0.15, 0.2) is 218 Å². The first-order valence-electron chi connectivity index (χ1n) is 20.9. The molecule has 0 bridgehead atoms. The van der Waals surface area contributed by atoms with Gasteiger partial charge in [0.1, 0.15) is 0 Å². The molecule has 5 heteroatoms. The van der Waals surface area contributed by atoms with Crippen LogP contribution in [0.3, 0.4) is 0 Å². The van der Waals surface area contributed by atoms with E-state index in [4.69, 9.17) is 15.0 Å². The lowest BCUT2D eigenvalue weighted by atomic mass is 9.92. The molecule has 0 radical (unpaired) electrons. The van der Waals surface area contributed by atoms with Crippen molar-refractivity contribution in [2.75, 3.05) is 0 Å². The normalized spacial score (nSPS) is 11.5. The minimum Gasteiger partial charge on any atom is -0.309 e. The Labute approximate surface area is 362 Å². The highest BCUT2D eigenvalue weighted by Gasteiger charge is 2.21. The zero-order valence-electron chi connectivity index (χ0n) is 33.5. The average molecular weight is 809 g/mol. The lowest BCUT2D eigenvalue weighted by Gasteiger charge is -2.17. The highest BCUT2D eigenvalue weighted by atomic mass is 32.1. The zero-order chi connectivity index (χ0) is 41.0. The summed E-state index contributed by atoms with van der Waals surface area (Å²) in [6, 6.07) is 77.5. The van der Waals surface area contributed by atoms with E-state index in [1.54, 1.807) is 0 Å². The van der Waals surface area contributed by atoms with Gasteiger partial charge in [0.15, 0.2) is 17.5 Å². The van der Waals surface area contributed by atoms with Gasteiger partial charge in [-0.2, -0.15) is 0 Å². The summed E-state index contributed by atoms with van der Waals surface area (Å²) >= 11 is 1.85. The summed E-state index contributed by atoms with van der Waals surface area (Å²) in [6.45, 7) is 0. The van der Waals surface area contributed by atoms with Crippen molar-refractivity contribution in [1.29, 1.82) is 0 Å². The number of thiophene rings is 1. The van der Waals surface area contributed by atoms with Crippen molar-refractivity contribution in [1.82, 2.24) is 19.5 Å². The Morgan fingerprint density at radius 3 is 1.44 bits per heavy atom. The summed E-state index contributed by atoms with van der Waals surface area (Å²) in [4.78, 5) is 15.8. The van der Waals surface area contributed by atoms with Crippen LogP contribution in [0.2, 0.25) is 0 Å². The number of benzene rings is 9. The molecule has 0 aliphatic heterocycles. The van der Waals surface area contributed by atoms with E-state index in [0.717, 1.165) is 61.2 Å². The standard InChI is InChI=1S/C57H36N4S/c1-4-17-37(18-5-1)42-33-31-40(35-49(42)48-27-16-26-47-46-25-12-15-30-53(46)62-54(47)48)56-58-55(39-21-8-3-9-22-39)59-57(60-56)41-32-34-43(38-19-6-2-7-20-38)52(36-41)61-50-28-13-10-23-44(50)45-24-11-14-29-51(45)61/h1-36H. The van der Waals surface area contributed by atoms with Crippen LogP contribution in [0.25, 0.3) is 115 Å². The van der Waals surface area contributed by atoms with Crippen molar-refractivity contribution in [3.05, 3.63) is 218 Å². The van der Waals surface area contributed by atoms with E-state index in [1.807, 2.05) is 29.5 Å². The van der Waals surface area contributed by atoms with Gasteiger partial charge in [0, 0.05) is 58.8 Å². The highest BCUT2D eigenvalue weighted by Crippen LogP contribution is 2.44. The van der Waals surface area contributed by atoms with Crippen LogP contribution >= 0.6 is 11.3 Å². The van der Waals surface area contributed by atoms with Gasteiger partial charge in [0.25, 0.3) is 0 Å². The predicted octanol–water partition coefficient (Wildman–Crippen LogP) is 15.3. The molecule has 9 aromatic carbocycles. The molecule has 0 fully saturated rings. The molecule has 0 spiro atoms. The van der Waals surface area contributed by atoms with Crippen LogP contribution in [-0.4, -0.2) is 19.5 Å². The van der Waals surface area contributed by atoms with Crippen molar-refractivity contribution in [2.24, 2.45) is 0 Å². The van der Waals surface area contributed by atoms with Gasteiger partial charge in [0.05, 0.1) is 16.7 Å². The maximum absolute atomic E-state index is 5.35. The van der Waals surface area contributed by atoms with Crippen molar-refractivity contribution >= 4 is 53.3 Å². The van der Waals surface area contributed by atoms with Crippen LogP contribution in [0.1, 0.15) is 0 Å². The number of para-hydroxylation sites is 2. The summed E-state index contributed by atoms with van der Waals surface area (Å²) in [7, 11) is 0. The fourth-order valence-electron chi connectivity index (χ4n) is 8.98. The smallest absolute Gasteiger partial charge is 0.164 e. The molecule has 0 atom stereocenters. The van der Waals surface area contributed by atoms with E-state index >= 15 is 0 Å². The Morgan fingerprint density at radius 2 is 0.790 bits per heavy atom. The molecule has 12 rings (SSSR count). The minimum absolute atomic E-state index is 0.607. The molecule has 0 N–H and O–H groups in total. The Morgan fingerprint density at radius 1 is 0.306 bits per heavy atom. The second-order valence-corrected chi connectivity index (χ2v) is 16.6. The van der Waals surface area contributed by atoms with E-state index in [0.29, 0.717) is 17.5 Å². The molecule has 12 aromatic rings. The van der Waals surface area contributed by atoms with Gasteiger partial charge in [-0.05, 0) is 52.6 Å². The topological polar surface area (TPSA) is 43.6 Å². The van der Waals surface area contributed by atoms with Gasteiger partial charge in [-0.3, -0.25) is 0 Å². The molecule has 62 heavy (non-hydrogen) atoms. The number of hydrogen-bond donors (Lipinski definition) is 0. The SMILES string of the molecule is c1ccc(-c2nc(-c3ccc(-c4ccccc4)c(-c4cccc5c4sc4ccccc45)c3)nc(-c3ccc(-c4ccccc4)c(-n4c5ccccc5c5ccccc54)c3)n2)cc1. The monoisotopic (exact) mass is 808 g/mol. The van der Waals surface area contributed by atoms with E-state index < -0.39 is 0 Å². The zero-order valence-corrected chi connectivity index (χ0v) is 34.3. The molecule has 0 saturated carbocycles. The number of rotatable bonds is 7. The number of aromatic nitrogens is 4. The maximum atomic E-state index is 5.35. The van der Waals surface area contributed by atoms with Crippen LogP contribution in [0, 0.1) is 0 Å². The third kappa shape index (κ3) is 6.09. The summed E-state index contributed by atoms with van der Waals surface area (Å²) < 4.78 is 4.93. The predicted molar refractivity (Wildman–Crippen MR) is 260 cm³/mol. The van der Waals surface area contributed by atoms with E-state index in [1.165, 1.54) is 36.5 Å². The first kappa shape index (κ1) is 35.9. The molecule has 0 aliphatic carbocycles. The molecular formula is C57H36N4S. The van der Waals surface area contributed by atoms with E-state index in [9.17, 15) is 0 Å². The Balaban J connectivity index is 1.09. The Hall–Kier alpha value is -7.99. The van der Waals surface area contributed by atoms with Crippen LogP contribution in [0.5, 0.6) is 0 Å². The van der Waals surface area contributed by atoms with Crippen molar-refractivity contribution in [2.45, 2.75) is 0 Å². The van der Waals surface area contributed by atoms with Gasteiger partial charge in [0.2, 0.25) is 0 Å². The molecule has 290 valence electrons. The fraction of sp³-hybridized carbons (Fsp3) is 0. The van der Waals surface area contributed by atoms with Crippen LogP contribution < -0.4 is 0 Å². The summed E-state index contributed by atoms with van der Waals surface area (Å²) in [5.74, 6) is 1.84. The molecular weight excluding hydrogens is 773 g/mol. The number of hydrogen-bond acceptors (Lipinski definition) is 4. The van der Waals surface area contributed by atoms with Gasteiger partial charge >= 0.3 is 0 Å². The average Bonchev–Trinajstić information content (AvgIpc) is 3.90. The number of nitrogens with zero attached hydrogens (tertiary/aromatic N) is 4. The highest BCUT2D eigenvalue weighted by molar-refractivity contribution is 7.26. The first-order valence-corrected chi connectivity index (χ1v) is 21.7. The summed E-state index contributed by atoms with van der Waals surface area (Å²) in [5, 5.41) is 4.96. The molecule has 3 aromatic heterocycles. The largest absolute Gasteiger partial charge is 0.309 e. The molecule has 0 aliphatic rings. The van der Waals surface area contributed by atoms with E-state index in [2.05, 4.69) is 205 Å². The van der Waals surface area contributed by atoms with Crippen molar-refractivity contribution in [3.63, 3.8) is 0 Å². The third-order valence-corrected chi connectivity index (χ3v) is 13.1. The fourth-order valence-corrected chi connectivity index (χ4v) is 10.2. The third-order valence-electron chi connectivity index (χ3n) is 11.9. The number of fused-ring (bicyclic) bond motifs is 6. The molecule has 0 saturated heterocycles. The second kappa shape index (κ2) is 14.9. The molecule has 4 nitrogen and oxygen atoms in total. The van der Waals surface area contributed by atoms with Crippen LogP contribution in [-0.2, 0) is 0 Å².